The van der Waals surface area contributed by atoms with Crippen LogP contribution in [0.4, 0.5) is 0 Å². The summed E-state index contributed by atoms with van der Waals surface area (Å²) in [4.78, 5) is 10.8. The van der Waals surface area contributed by atoms with Crippen molar-refractivity contribution in [3.05, 3.63) is 0 Å². The molecule has 0 N–H and O–H groups in total. The molecule has 74 valence electrons. The van der Waals surface area contributed by atoms with Gasteiger partial charge in [-0.2, -0.15) is 0 Å². The molecule has 2 aliphatic rings. The van der Waals surface area contributed by atoms with Crippen LogP contribution in [0.3, 0.4) is 0 Å². The lowest BCUT2D eigenvalue weighted by Crippen LogP contribution is -2.27. The van der Waals surface area contributed by atoms with Gasteiger partial charge in [0.1, 0.15) is 6.10 Å². The second kappa shape index (κ2) is 3.29. The first kappa shape index (κ1) is 9.00. The van der Waals surface area contributed by atoms with Gasteiger partial charge in [0.15, 0.2) is 0 Å². The van der Waals surface area contributed by atoms with Crippen LogP contribution in [0.2, 0.25) is 0 Å². The van der Waals surface area contributed by atoms with Gasteiger partial charge in [0.2, 0.25) is 0 Å². The molecule has 1 saturated carbocycles. The first-order chi connectivity index (χ1) is 6.18. The molecule has 0 amide bonds. The van der Waals surface area contributed by atoms with E-state index in [4.69, 9.17) is 9.47 Å². The first-order valence-electron chi connectivity index (χ1n) is 4.97. The molecule has 3 nitrogen and oxygen atoms in total. The normalized spacial score (nSPS) is 43.2. The largest absolute Gasteiger partial charge is 0.460 e. The minimum atomic E-state index is -0.187. The van der Waals surface area contributed by atoms with Crippen LogP contribution in [-0.2, 0) is 14.3 Å². The Morgan fingerprint density at radius 1 is 1.54 bits per heavy atom. The second-order valence-corrected chi connectivity index (χ2v) is 4.15. The maximum absolute atomic E-state index is 10.8. The van der Waals surface area contributed by atoms with Crippen molar-refractivity contribution in [1.29, 1.82) is 0 Å². The minimum absolute atomic E-state index is 0.0139. The minimum Gasteiger partial charge on any atom is -0.460 e. The Balaban J connectivity index is 2.02. The molecule has 0 aromatic carbocycles. The molecule has 0 bridgehead atoms. The van der Waals surface area contributed by atoms with E-state index in [-0.39, 0.29) is 18.2 Å². The summed E-state index contributed by atoms with van der Waals surface area (Å²) in [7, 11) is 0. The Labute approximate surface area is 78.4 Å². The summed E-state index contributed by atoms with van der Waals surface area (Å²) in [6, 6.07) is 0. The number of hydrogen-bond donors (Lipinski definition) is 0. The first-order valence-corrected chi connectivity index (χ1v) is 4.97. The van der Waals surface area contributed by atoms with Crippen LogP contribution in [0.15, 0.2) is 0 Å². The molecule has 1 saturated heterocycles. The van der Waals surface area contributed by atoms with Gasteiger partial charge in [0.05, 0.1) is 6.10 Å². The SMILES string of the molecule is CC(=O)O[C@@H]1C[C@@H](C)[C@@H]2CCO[C@@H]21. The van der Waals surface area contributed by atoms with E-state index in [9.17, 15) is 4.79 Å². The highest BCUT2D eigenvalue weighted by Gasteiger charge is 2.46. The molecule has 2 rings (SSSR count). The predicted octanol–water partition coefficient (Wildman–Crippen LogP) is 1.36. The third-order valence-corrected chi connectivity index (χ3v) is 3.20. The van der Waals surface area contributed by atoms with Gasteiger partial charge in [0, 0.05) is 13.5 Å². The Hall–Kier alpha value is -0.570. The summed E-state index contributed by atoms with van der Waals surface area (Å²) < 4.78 is 10.8. The van der Waals surface area contributed by atoms with Gasteiger partial charge in [-0.25, -0.2) is 0 Å². The lowest BCUT2D eigenvalue weighted by atomic mass is 9.96. The van der Waals surface area contributed by atoms with E-state index in [2.05, 4.69) is 6.92 Å². The standard InChI is InChI=1S/C10H16O3/c1-6-5-9(13-7(2)11)10-8(6)3-4-12-10/h6,8-10H,3-5H2,1-2H3/t6-,8+,9-,10+/m1/s1. The molecular formula is C10H16O3. The van der Waals surface area contributed by atoms with Crippen LogP contribution in [0.5, 0.6) is 0 Å². The molecule has 1 aliphatic heterocycles. The number of fused-ring (bicyclic) bond motifs is 1. The van der Waals surface area contributed by atoms with E-state index in [1.807, 2.05) is 0 Å². The van der Waals surface area contributed by atoms with Crippen LogP contribution in [0, 0.1) is 11.8 Å². The smallest absolute Gasteiger partial charge is 0.302 e. The number of carbonyl (C=O) groups excluding carboxylic acids is 1. The average Bonchev–Trinajstić information content (AvgIpc) is 2.56. The fourth-order valence-electron chi connectivity index (χ4n) is 2.62. The molecule has 1 heterocycles. The van der Waals surface area contributed by atoms with Crippen LogP contribution in [0.25, 0.3) is 0 Å². The fraction of sp³-hybridized carbons (Fsp3) is 0.900. The molecule has 1 aliphatic carbocycles. The summed E-state index contributed by atoms with van der Waals surface area (Å²) >= 11 is 0. The van der Waals surface area contributed by atoms with Gasteiger partial charge >= 0.3 is 5.97 Å². The van der Waals surface area contributed by atoms with E-state index >= 15 is 0 Å². The highest BCUT2D eigenvalue weighted by atomic mass is 16.6. The van der Waals surface area contributed by atoms with Gasteiger partial charge in [-0.3, -0.25) is 4.79 Å². The molecule has 3 heteroatoms. The summed E-state index contributed by atoms with van der Waals surface area (Å²) in [5.41, 5.74) is 0. The third-order valence-electron chi connectivity index (χ3n) is 3.20. The van der Waals surface area contributed by atoms with Crippen molar-refractivity contribution >= 4 is 5.97 Å². The Bertz CT molecular complexity index is 214. The molecule has 13 heavy (non-hydrogen) atoms. The molecule has 0 aromatic heterocycles. The molecular weight excluding hydrogens is 168 g/mol. The Morgan fingerprint density at radius 3 is 3.00 bits per heavy atom. The molecule has 0 unspecified atom stereocenters. The van der Waals surface area contributed by atoms with Gasteiger partial charge in [-0.15, -0.1) is 0 Å². The summed E-state index contributed by atoms with van der Waals surface area (Å²) in [6.07, 6.45) is 2.29. The maximum atomic E-state index is 10.8. The van der Waals surface area contributed by atoms with Crippen molar-refractivity contribution in [1.82, 2.24) is 0 Å². The van der Waals surface area contributed by atoms with E-state index in [1.165, 1.54) is 6.92 Å². The number of carbonyl (C=O) groups is 1. The van der Waals surface area contributed by atoms with Crippen LogP contribution < -0.4 is 0 Å². The van der Waals surface area contributed by atoms with E-state index < -0.39 is 0 Å². The topological polar surface area (TPSA) is 35.5 Å². The lowest BCUT2D eigenvalue weighted by Gasteiger charge is -2.17. The summed E-state index contributed by atoms with van der Waals surface area (Å²) in [6.45, 7) is 4.51. The predicted molar refractivity (Wildman–Crippen MR) is 47.2 cm³/mol. The van der Waals surface area contributed by atoms with Crippen molar-refractivity contribution in [2.75, 3.05) is 6.61 Å². The van der Waals surface area contributed by atoms with Gasteiger partial charge < -0.3 is 9.47 Å². The summed E-state index contributed by atoms with van der Waals surface area (Å²) in [5, 5.41) is 0. The van der Waals surface area contributed by atoms with Crippen LogP contribution >= 0.6 is 0 Å². The van der Waals surface area contributed by atoms with Gasteiger partial charge in [-0.05, 0) is 24.7 Å². The van der Waals surface area contributed by atoms with Gasteiger partial charge in [0.25, 0.3) is 0 Å². The monoisotopic (exact) mass is 184 g/mol. The van der Waals surface area contributed by atoms with Crippen LogP contribution in [0.1, 0.15) is 26.7 Å². The Morgan fingerprint density at radius 2 is 2.31 bits per heavy atom. The number of ether oxygens (including phenoxy) is 2. The highest BCUT2D eigenvalue weighted by Crippen LogP contribution is 2.41. The molecule has 4 atom stereocenters. The van der Waals surface area contributed by atoms with Crippen molar-refractivity contribution in [3.8, 4) is 0 Å². The summed E-state index contributed by atoms with van der Waals surface area (Å²) in [5.74, 6) is 1.06. The van der Waals surface area contributed by atoms with Crippen molar-refractivity contribution in [2.24, 2.45) is 11.8 Å². The molecule has 0 spiro atoms. The van der Waals surface area contributed by atoms with E-state index in [0.29, 0.717) is 11.8 Å². The maximum Gasteiger partial charge on any atom is 0.302 e. The number of hydrogen-bond acceptors (Lipinski definition) is 3. The van der Waals surface area contributed by atoms with Gasteiger partial charge in [-0.1, -0.05) is 6.92 Å². The second-order valence-electron chi connectivity index (χ2n) is 4.15. The van der Waals surface area contributed by atoms with Crippen LogP contribution in [-0.4, -0.2) is 24.8 Å². The quantitative estimate of drug-likeness (QED) is 0.577. The van der Waals surface area contributed by atoms with E-state index in [0.717, 1.165) is 19.4 Å². The number of rotatable bonds is 1. The third kappa shape index (κ3) is 1.57. The van der Waals surface area contributed by atoms with Crippen molar-refractivity contribution in [3.63, 3.8) is 0 Å². The molecule has 0 aromatic rings. The molecule has 2 fully saturated rings. The zero-order valence-corrected chi connectivity index (χ0v) is 8.16. The van der Waals surface area contributed by atoms with Crippen molar-refractivity contribution < 1.29 is 14.3 Å². The molecule has 0 radical (unpaired) electrons. The number of esters is 1. The zero-order chi connectivity index (χ0) is 9.42. The highest BCUT2D eigenvalue weighted by molar-refractivity contribution is 5.66. The Kier molecular flexibility index (Phi) is 2.28. The lowest BCUT2D eigenvalue weighted by molar-refractivity contribution is -0.151. The average molecular weight is 184 g/mol. The zero-order valence-electron chi connectivity index (χ0n) is 8.16. The van der Waals surface area contributed by atoms with Crippen molar-refractivity contribution in [2.45, 2.75) is 38.9 Å². The van der Waals surface area contributed by atoms with E-state index in [1.54, 1.807) is 0 Å². The fourth-order valence-corrected chi connectivity index (χ4v) is 2.62.